The molecule has 1 N–H and O–H groups in total. The molecule has 128 valence electrons. The number of amides is 1. The molecule has 1 unspecified atom stereocenters. The van der Waals surface area contributed by atoms with Gasteiger partial charge >= 0.3 is 0 Å². The van der Waals surface area contributed by atoms with Gasteiger partial charge in [0.05, 0.1) is 12.2 Å². The van der Waals surface area contributed by atoms with E-state index in [0.29, 0.717) is 11.4 Å². The smallest absolute Gasteiger partial charge is 0.257 e. The molecule has 1 atom stereocenters. The van der Waals surface area contributed by atoms with Crippen LogP contribution in [0.1, 0.15) is 28.4 Å². The Morgan fingerprint density at radius 2 is 2.16 bits per heavy atom. The minimum Gasteiger partial charge on any atom is -0.345 e. The van der Waals surface area contributed by atoms with Crippen LogP contribution in [0.25, 0.3) is 5.82 Å². The van der Waals surface area contributed by atoms with Crippen molar-refractivity contribution in [2.75, 3.05) is 5.75 Å². The van der Waals surface area contributed by atoms with Gasteiger partial charge in [-0.3, -0.25) is 9.48 Å². The maximum absolute atomic E-state index is 13.6. The lowest BCUT2D eigenvalue weighted by molar-refractivity contribution is 0.0935. The second kappa shape index (κ2) is 6.40. The minimum atomic E-state index is -0.282. The van der Waals surface area contributed by atoms with E-state index in [2.05, 4.69) is 10.4 Å². The summed E-state index contributed by atoms with van der Waals surface area (Å²) in [6.07, 6.45) is 6.08. The van der Waals surface area contributed by atoms with Crippen molar-refractivity contribution < 1.29 is 9.18 Å². The van der Waals surface area contributed by atoms with E-state index in [1.807, 2.05) is 29.1 Å². The van der Waals surface area contributed by atoms with Crippen LogP contribution in [0.2, 0.25) is 0 Å². The molecular formula is C18H17FN4OS. The number of hydrogen-bond acceptors (Lipinski definition) is 3. The summed E-state index contributed by atoms with van der Waals surface area (Å²) in [6.45, 7) is 0. The number of nitrogens with zero attached hydrogens (tertiary/aromatic N) is 3. The molecule has 3 aromatic rings. The molecule has 0 saturated heterocycles. The van der Waals surface area contributed by atoms with Gasteiger partial charge in [0.15, 0.2) is 0 Å². The number of aryl methyl sites for hydroxylation is 1. The monoisotopic (exact) mass is 356 g/mol. The first-order chi connectivity index (χ1) is 12.1. The predicted octanol–water partition coefficient (Wildman–Crippen LogP) is 3.32. The highest BCUT2D eigenvalue weighted by molar-refractivity contribution is 7.99. The summed E-state index contributed by atoms with van der Waals surface area (Å²) in [4.78, 5) is 13.9. The molecule has 0 spiro atoms. The zero-order valence-corrected chi connectivity index (χ0v) is 14.5. The molecule has 1 aliphatic rings. The van der Waals surface area contributed by atoms with E-state index < -0.39 is 0 Å². The van der Waals surface area contributed by atoms with E-state index in [-0.39, 0.29) is 17.8 Å². The average Bonchev–Trinajstić information content (AvgIpc) is 3.24. The summed E-state index contributed by atoms with van der Waals surface area (Å²) in [5.74, 6) is 1.10. The molecule has 3 heterocycles. The van der Waals surface area contributed by atoms with Gasteiger partial charge in [-0.2, -0.15) is 5.10 Å². The highest BCUT2D eigenvalue weighted by Crippen LogP contribution is 2.36. The number of halogens is 1. The van der Waals surface area contributed by atoms with Gasteiger partial charge in [0.25, 0.3) is 5.91 Å². The second-order valence-corrected chi connectivity index (χ2v) is 7.08. The van der Waals surface area contributed by atoms with Gasteiger partial charge in [-0.05, 0) is 42.3 Å². The molecule has 7 heteroatoms. The largest absolute Gasteiger partial charge is 0.345 e. The lowest BCUT2D eigenvalue weighted by Gasteiger charge is -2.26. The number of carbonyl (C=O) groups is 1. The van der Waals surface area contributed by atoms with E-state index >= 15 is 0 Å². The third kappa shape index (κ3) is 2.95. The van der Waals surface area contributed by atoms with E-state index in [1.165, 1.54) is 12.1 Å². The molecule has 0 bridgehead atoms. The number of hydrogen-bond donors (Lipinski definition) is 1. The van der Waals surface area contributed by atoms with Crippen molar-refractivity contribution in [3.05, 3.63) is 65.9 Å². The van der Waals surface area contributed by atoms with Crippen LogP contribution in [0.5, 0.6) is 0 Å². The molecule has 1 aromatic carbocycles. The number of rotatable bonds is 3. The van der Waals surface area contributed by atoms with Crippen LogP contribution >= 0.6 is 11.8 Å². The molecule has 0 radical (unpaired) electrons. The maximum Gasteiger partial charge on any atom is 0.257 e. The highest BCUT2D eigenvalue weighted by Gasteiger charge is 2.25. The van der Waals surface area contributed by atoms with Crippen LogP contribution in [0, 0.1) is 5.82 Å². The molecule has 0 saturated carbocycles. The Labute approximate surface area is 148 Å². The Bertz CT molecular complexity index is 919. The fraction of sp³-hybridized carbons (Fsp3) is 0.222. The molecule has 0 aliphatic carbocycles. The third-order valence-corrected chi connectivity index (χ3v) is 5.44. The van der Waals surface area contributed by atoms with E-state index in [9.17, 15) is 9.18 Å². The molecule has 1 amide bonds. The van der Waals surface area contributed by atoms with Gasteiger partial charge in [0, 0.05) is 30.1 Å². The molecule has 1 aliphatic heterocycles. The van der Waals surface area contributed by atoms with Crippen LogP contribution in [0.4, 0.5) is 4.39 Å². The number of aromatic nitrogens is 3. The Morgan fingerprint density at radius 1 is 1.36 bits per heavy atom. The topological polar surface area (TPSA) is 51.9 Å². The van der Waals surface area contributed by atoms with Crippen LogP contribution < -0.4 is 5.32 Å². The molecule has 4 rings (SSSR count). The Hall–Kier alpha value is -2.54. The molecular weight excluding hydrogens is 339 g/mol. The molecule has 2 aromatic heterocycles. The minimum absolute atomic E-state index is 0.197. The fourth-order valence-electron chi connectivity index (χ4n) is 3.12. The van der Waals surface area contributed by atoms with Crippen LogP contribution in [-0.2, 0) is 7.05 Å². The highest BCUT2D eigenvalue weighted by atomic mass is 32.2. The summed E-state index contributed by atoms with van der Waals surface area (Å²) in [5, 5.41) is 7.26. The lowest BCUT2D eigenvalue weighted by Crippen LogP contribution is -2.31. The fourth-order valence-corrected chi connectivity index (χ4v) is 4.23. The Morgan fingerprint density at radius 3 is 2.96 bits per heavy atom. The Kier molecular flexibility index (Phi) is 4.09. The van der Waals surface area contributed by atoms with Crippen LogP contribution in [-0.4, -0.2) is 26.0 Å². The Balaban J connectivity index is 1.64. The number of nitrogens with one attached hydrogen (secondary N) is 1. The predicted molar refractivity (Wildman–Crippen MR) is 94.5 cm³/mol. The van der Waals surface area contributed by atoms with Crippen LogP contribution in [0.3, 0.4) is 0 Å². The van der Waals surface area contributed by atoms with Crippen molar-refractivity contribution in [3.63, 3.8) is 0 Å². The van der Waals surface area contributed by atoms with Gasteiger partial charge in [-0.1, -0.05) is 0 Å². The van der Waals surface area contributed by atoms with Crippen molar-refractivity contribution in [2.45, 2.75) is 17.4 Å². The zero-order chi connectivity index (χ0) is 17.4. The first-order valence-electron chi connectivity index (χ1n) is 8.02. The standard InChI is InChI=1S/C18H17FN4OS/c1-22-18(23-7-2-3-8-23)14(11-20-22)17(24)21-15-6-9-25-16-5-4-12(19)10-13(15)16/h2-5,7-8,10-11,15H,6,9H2,1H3,(H,21,24). The van der Waals surface area contributed by atoms with Crippen molar-refractivity contribution in [3.8, 4) is 5.82 Å². The summed E-state index contributed by atoms with van der Waals surface area (Å²) in [7, 11) is 1.80. The summed E-state index contributed by atoms with van der Waals surface area (Å²) in [5.41, 5.74) is 1.34. The van der Waals surface area contributed by atoms with Crippen molar-refractivity contribution >= 4 is 17.7 Å². The van der Waals surface area contributed by atoms with Gasteiger partial charge in [-0.15, -0.1) is 11.8 Å². The summed E-state index contributed by atoms with van der Waals surface area (Å²) >= 11 is 1.69. The normalized spacial score (nSPS) is 16.5. The summed E-state index contributed by atoms with van der Waals surface area (Å²) in [6, 6.07) is 8.35. The summed E-state index contributed by atoms with van der Waals surface area (Å²) < 4.78 is 17.2. The first kappa shape index (κ1) is 16.0. The maximum atomic E-state index is 13.6. The number of fused-ring (bicyclic) bond motifs is 1. The number of benzene rings is 1. The molecule has 0 fully saturated rings. The number of thioether (sulfide) groups is 1. The average molecular weight is 356 g/mol. The quantitative estimate of drug-likeness (QED) is 0.783. The SMILES string of the molecule is Cn1ncc(C(=O)NC2CCSc3ccc(F)cc32)c1-n1cccc1. The molecule has 5 nitrogen and oxygen atoms in total. The van der Waals surface area contributed by atoms with Crippen LogP contribution in [0.15, 0.2) is 53.8 Å². The molecule has 25 heavy (non-hydrogen) atoms. The van der Waals surface area contributed by atoms with Gasteiger partial charge in [0.1, 0.15) is 17.2 Å². The van der Waals surface area contributed by atoms with Crippen molar-refractivity contribution in [1.29, 1.82) is 0 Å². The first-order valence-corrected chi connectivity index (χ1v) is 9.00. The lowest BCUT2D eigenvalue weighted by atomic mass is 10.0. The van der Waals surface area contributed by atoms with Gasteiger partial charge in [-0.25, -0.2) is 4.39 Å². The van der Waals surface area contributed by atoms with E-state index in [4.69, 9.17) is 0 Å². The third-order valence-electron chi connectivity index (χ3n) is 4.32. The van der Waals surface area contributed by atoms with Gasteiger partial charge in [0.2, 0.25) is 0 Å². The number of carbonyl (C=O) groups excluding carboxylic acids is 1. The zero-order valence-electron chi connectivity index (χ0n) is 13.6. The van der Waals surface area contributed by atoms with Crippen molar-refractivity contribution in [2.24, 2.45) is 7.05 Å². The second-order valence-electron chi connectivity index (χ2n) is 5.94. The van der Waals surface area contributed by atoms with Crippen molar-refractivity contribution in [1.82, 2.24) is 19.7 Å². The van der Waals surface area contributed by atoms with Gasteiger partial charge < -0.3 is 9.88 Å². The van der Waals surface area contributed by atoms with E-state index in [0.717, 1.165) is 22.6 Å². The van der Waals surface area contributed by atoms with E-state index in [1.54, 1.807) is 35.8 Å².